The van der Waals surface area contributed by atoms with Crippen molar-refractivity contribution in [3.63, 3.8) is 0 Å². The first kappa shape index (κ1) is 19.2. The normalized spacial score (nSPS) is 17.8. The number of likely N-dealkylation sites (tertiary alicyclic amines) is 2. The molecule has 0 aromatic heterocycles. The van der Waals surface area contributed by atoms with Gasteiger partial charge in [0.25, 0.3) is 0 Å². The Morgan fingerprint density at radius 3 is 2.15 bits per heavy atom. The van der Waals surface area contributed by atoms with Gasteiger partial charge in [0, 0.05) is 38.6 Å². The fourth-order valence-electron chi connectivity index (χ4n) is 3.86. The van der Waals surface area contributed by atoms with E-state index in [4.69, 9.17) is 0 Å². The van der Waals surface area contributed by atoms with Gasteiger partial charge in [0.2, 0.25) is 5.91 Å². The van der Waals surface area contributed by atoms with E-state index in [1.807, 2.05) is 40.1 Å². The second kappa shape index (κ2) is 8.88. The van der Waals surface area contributed by atoms with Gasteiger partial charge in [-0.05, 0) is 31.2 Å². The minimum atomic E-state index is -1.01. The summed E-state index contributed by atoms with van der Waals surface area (Å²) in [7, 11) is 0. The van der Waals surface area contributed by atoms with Crippen LogP contribution in [0.3, 0.4) is 0 Å². The van der Waals surface area contributed by atoms with Gasteiger partial charge in [-0.15, -0.1) is 0 Å². The van der Waals surface area contributed by atoms with Crippen molar-refractivity contribution in [1.82, 2.24) is 14.7 Å². The largest absolute Gasteiger partial charge is 0.480 e. The first-order valence-corrected chi connectivity index (χ1v) is 9.63. The van der Waals surface area contributed by atoms with Crippen molar-refractivity contribution in [2.24, 2.45) is 5.92 Å². The zero-order chi connectivity index (χ0) is 19.2. The summed E-state index contributed by atoms with van der Waals surface area (Å²) in [6.07, 6.45) is 3.29. The highest BCUT2D eigenvalue weighted by Gasteiger charge is 2.33. The summed E-state index contributed by atoms with van der Waals surface area (Å²) in [5, 5.41) is 9.19. The minimum absolute atomic E-state index is 0.0741. The number of amides is 3. The number of hydrogen-bond acceptors (Lipinski definition) is 3. The lowest BCUT2D eigenvalue weighted by Crippen LogP contribution is -2.48. The molecule has 3 amide bonds. The van der Waals surface area contributed by atoms with Crippen molar-refractivity contribution in [3.05, 3.63) is 35.9 Å². The Bertz CT molecular complexity index is 665. The van der Waals surface area contributed by atoms with E-state index in [9.17, 15) is 19.5 Å². The molecule has 2 heterocycles. The van der Waals surface area contributed by atoms with E-state index in [0.717, 1.165) is 31.5 Å². The Hall–Kier alpha value is -2.57. The molecule has 0 radical (unpaired) electrons. The Morgan fingerprint density at radius 1 is 0.963 bits per heavy atom. The number of carboxylic acids is 1. The van der Waals surface area contributed by atoms with Crippen molar-refractivity contribution >= 4 is 17.9 Å². The molecule has 0 bridgehead atoms. The average molecular weight is 373 g/mol. The third kappa shape index (κ3) is 4.99. The van der Waals surface area contributed by atoms with E-state index in [2.05, 4.69) is 0 Å². The number of urea groups is 1. The third-order valence-electron chi connectivity index (χ3n) is 5.35. The lowest BCUT2D eigenvalue weighted by atomic mass is 9.95. The van der Waals surface area contributed by atoms with Crippen LogP contribution in [-0.4, -0.2) is 70.4 Å². The SMILES string of the molecule is O=C(O)CN(Cc1ccccc1)C(=O)C1CCN(C(=O)N2CCCC2)CC1. The molecule has 0 atom stereocenters. The van der Waals surface area contributed by atoms with Crippen LogP contribution in [0.5, 0.6) is 0 Å². The second-order valence-corrected chi connectivity index (χ2v) is 7.31. The standard InChI is InChI=1S/C20H27N3O4/c24-18(25)15-23(14-16-6-2-1-3-7-16)19(26)17-8-12-22(13-9-17)20(27)21-10-4-5-11-21/h1-3,6-7,17H,4-5,8-15H2,(H,24,25). The van der Waals surface area contributed by atoms with Gasteiger partial charge in [-0.1, -0.05) is 30.3 Å². The molecule has 2 aliphatic heterocycles. The summed E-state index contributed by atoms with van der Waals surface area (Å²) >= 11 is 0. The topological polar surface area (TPSA) is 81.2 Å². The lowest BCUT2D eigenvalue weighted by Gasteiger charge is -2.35. The number of carbonyl (C=O) groups excluding carboxylic acids is 2. The summed E-state index contributed by atoms with van der Waals surface area (Å²) in [4.78, 5) is 41.7. The van der Waals surface area contributed by atoms with Crippen LogP contribution in [-0.2, 0) is 16.1 Å². The molecule has 0 aliphatic carbocycles. The predicted molar refractivity (Wildman–Crippen MR) is 100.0 cm³/mol. The van der Waals surface area contributed by atoms with E-state index in [-0.39, 0.29) is 24.4 Å². The van der Waals surface area contributed by atoms with Gasteiger partial charge in [0.05, 0.1) is 0 Å². The molecule has 0 unspecified atom stereocenters. The van der Waals surface area contributed by atoms with Gasteiger partial charge < -0.3 is 19.8 Å². The predicted octanol–water partition coefficient (Wildman–Crippen LogP) is 2.03. The van der Waals surface area contributed by atoms with Crippen molar-refractivity contribution in [1.29, 1.82) is 0 Å². The van der Waals surface area contributed by atoms with E-state index in [0.29, 0.717) is 32.5 Å². The van der Waals surface area contributed by atoms with Crippen LogP contribution in [0.25, 0.3) is 0 Å². The maximum atomic E-state index is 12.9. The van der Waals surface area contributed by atoms with Crippen LogP contribution < -0.4 is 0 Å². The number of hydrogen-bond donors (Lipinski definition) is 1. The third-order valence-corrected chi connectivity index (χ3v) is 5.35. The summed E-state index contributed by atoms with van der Waals surface area (Å²) < 4.78 is 0. The maximum Gasteiger partial charge on any atom is 0.323 e. The van der Waals surface area contributed by atoms with Gasteiger partial charge in [0.1, 0.15) is 6.54 Å². The van der Waals surface area contributed by atoms with Crippen molar-refractivity contribution in [2.45, 2.75) is 32.2 Å². The molecule has 7 heteroatoms. The number of benzene rings is 1. The number of carbonyl (C=O) groups is 3. The number of nitrogens with zero attached hydrogens (tertiary/aromatic N) is 3. The monoisotopic (exact) mass is 373 g/mol. The van der Waals surface area contributed by atoms with Crippen LogP contribution in [0.2, 0.25) is 0 Å². The Labute approximate surface area is 159 Å². The molecule has 0 saturated carbocycles. The average Bonchev–Trinajstić information content (AvgIpc) is 3.22. The van der Waals surface area contributed by atoms with E-state index < -0.39 is 5.97 Å². The van der Waals surface area contributed by atoms with Crippen LogP contribution >= 0.6 is 0 Å². The minimum Gasteiger partial charge on any atom is -0.480 e. The molecule has 1 aromatic rings. The molecule has 7 nitrogen and oxygen atoms in total. The van der Waals surface area contributed by atoms with E-state index in [1.54, 1.807) is 0 Å². The molecule has 1 aromatic carbocycles. The first-order valence-electron chi connectivity index (χ1n) is 9.63. The van der Waals surface area contributed by atoms with Gasteiger partial charge >= 0.3 is 12.0 Å². The zero-order valence-electron chi connectivity index (χ0n) is 15.5. The highest BCUT2D eigenvalue weighted by atomic mass is 16.4. The summed E-state index contributed by atoms with van der Waals surface area (Å²) in [5.41, 5.74) is 0.911. The first-order chi connectivity index (χ1) is 13.0. The van der Waals surface area contributed by atoms with Gasteiger partial charge in [-0.3, -0.25) is 9.59 Å². The number of carboxylic acid groups (broad SMARTS) is 1. The highest BCUT2D eigenvalue weighted by molar-refractivity contribution is 5.83. The fourth-order valence-corrected chi connectivity index (χ4v) is 3.86. The summed E-state index contributed by atoms with van der Waals surface area (Å²) in [6.45, 7) is 2.73. The number of rotatable bonds is 5. The van der Waals surface area contributed by atoms with Crippen molar-refractivity contribution in [2.75, 3.05) is 32.7 Å². The highest BCUT2D eigenvalue weighted by Crippen LogP contribution is 2.22. The van der Waals surface area contributed by atoms with Crippen LogP contribution in [0, 0.1) is 5.92 Å². The Kier molecular flexibility index (Phi) is 6.32. The molecule has 2 fully saturated rings. The summed E-state index contributed by atoms with van der Waals surface area (Å²) in [5.74, 6) is -1.37. The number of aliphatic carboxylic acids is 1. The molecule has 2 saturated heterocycles. The molecule has 2 aliphatic rings. The van der Waals surface area contributed by atoms with Crippen LogP contribution in [0.4, 0.5) is 4.79 Å². The molecule has 0 spiro atoms. The second-order valence-electron chi connectivity index (χ2n) is 7.31. The Balaban J connectivity index is 1.58. The van der Waals surface area contributed by atoms with E-state index >= 15 is 0 Å². The lowest BCUT2D eigenvalue weighted by molar-refractivity contribution is -0.147. The summed E-state index contributed by atoms with van der Waals surface area (Å²) in [6, 6.07) is 9.49. The molecular weight excluding hydrogens is 346 g/mol. The smallest absolute Gasteiger partial charge is 0.323 e. The molecule has 1 N–H and O–H groups in total. The van der Waals surface area contributed by atoms with Crippen LogP contribution in [0.1, 0.15) is 31.2 Å². The fraction of sp³-hybridized carbons (Fsp3) is 0.550. The number of piperidine rings is 1. The van der Waals surface area contributed by atoms with Gasteiger partial charge in [-0.25, -0.2) is 4.79 Å². The molecule has 3 rings (SSSR count). The van der Waals surface area contributed by atoms with Gasteiger partial charge in [0.15, 0.2) is 0 Å². The molecular formula is C20H27N3O4. The quantitative estimate of drug-likeness (QED) is 0.856. The van der Waals surface area contributed by atoms with Crippen LogP contribution in [0.15, 0.2) is 30.3 Å². The van der Waals surface area contributed by atoms with E-state index in [1.165, 1.54) is 4.90 Å². The van der Waals surface area contributed by atoms with Gasteiger partial charge in [-0.2, -0.15) is 0 Å². The van der Waals surface area contributed by atoms with Crippen molar-refractivity contribution < 1.29 is 19.5 Å². The van der Waals surface area contributed by atoms with Crippen molar-refractivity contribution in [3.8, 4) is 0 Å². The Morgan fingerprint density at radius 2 is 1.56 bits per heavy atom. The zero-order valence-corrected chi connectivity index (χ0v) is 15.5. The maximum absolute atomic E-state index is 12.9. The molecule has 27 heavy (non-hydrogen) atoms. The molecule has 146 valence electrons.